The third-order valence-electron chi connectivity index (χ3n) is 4.22. The number of amides is 1. The van der Waals surface area contributed by atoms with Gasteiger partial charge in [0, 0.05) is 23.4 Å². The van der Waals surface area contributed by atoms with Crippen molar-refractivity contribution in [3.8, 4) is 11.3 Å². The Bertz CT molecular complexity index is 703. The number of anilines is 1. The SMILES string of the molecule is CCCCCCCCCCC(=O)Nc1nc(-c2ccc(F)cc2F)cs1. The maximum Gasteiger partial charge on any atom is 0.226 e. The molecule has 142 valence electrons. The Kier molecular flexibility index (Phi) is 8.68. The molecule has 1 aromatic heterocycles. The highest BCUT2D eigenvalue weighted by Gasteiger charge is 2.12. The first-order chi connectivity index (χ1) is 12.6. The van der Waals surface area contributed by atoms with Crippen LogP contribution < -0.4 is 5.32 Å². The van der Waals surface area contributed by atoms with Gasteiger partial charge >= 0.3 is 0 Å². The minimum Gasteiger partial charge on any atom is -0.302 e. The van der Waals surface area contributed by atoms with E-state index in [9.17, 15) is 13.6 Å². The van der Waals surface area contributed by atoms with Crippen molar-refractivity contribution < 1.29 is 13.6 Å². The fourth-order valence-corrected chi connectivity index (χ4v) is 3.48. The van der Waals surface area contributed by atoms with Gasteiger partial charge in [-0.1, -0.05) is 51.9 Å². The maximum atomic E-state index is 13.8. The Labute approximate surface area is 157 Å². The van der Waals surface area contributed by atoms with Crippen LogP contribution in [0.2, 0.25) is 0 Å². The first-order valence-corrected chi connectivity index (χ1v) is 10.2. The molecular weight excluding hydrogens is 354 g/mol. The van der Waals surface area contributed by atoms with E-state index in [1.54, 1.807) is 5.38 Å². The molecule has 26 heavy (non-hydrogen) atoms. The number of unbranched alkanes of at least 4 members (excludes halogenated alkanes) is 7. The fourth-order valence-electron chi connectivity index (χ4n) is 2.75. The van der Waals surface area contributed by atoms with Crippen molar-refractivity contribution in [2.45, 2.75) is 64.7 Å². The number of halogens is 2. The minimum atomic E-state index is -0.660. The van der Waals surface area contributed by atoms with Gasteiger partial charge in [-0.15, -0.1) is 11.3 Å². The predicted octanol–water partition coefficient (Wildman–Crippen LogP) is 6.56. The van der Waals surface area contributed by atoms with Crippen LogP contribution >= 0.6 is 11.3 Å². The number of carbonyl (C=O) groups excluding carboxylic acids is 1. The Morgan fingerprint density at radius 1 is 1.08 bits per heavy atom. The van der Waals surface area contributed by atoms with Crippen molar-refractivity contribution in [1.82, 2.24) is 4.98 Å². The first kappa shape index (κ1) is 20.5. The number of thiazole rings is 1. The van der Waals surface area contributed by atoms with Gasteiger partial charge in [-0.05, 0) is 18.6 Å². The standard InChI is InChI=1S/C20H26F2N2OS/c1-2-3-4-5-6-7-8-9-10-19(25)24-20-23-18(14-26-20)16-12-11-15(21)13-17(16)22/h11-14H,2-10H2,1H3,(H,23,24,25). The molecule has 1 heterocycles. The molecule has 0 bridgehead atoms. The second kappa shape index (κ2) is 11.0. The lowest BCUT2D eigenvalue weighted by atomic mass is 10.1. The minimum absolute atomic E-state index is 0.0727. The normalized spacial score (nSPS) is 10.9. The van der Waals surface area contributed by atoms with E-state index in [4.69, 9.17) is 0 Å². The molecule has 0 spiro atoms. The van der Waals surface area contributed by atoms with Crippen LogP contribution in [-0.2, 0) is 4.79 Å². The Morgan fingerprint density at radius 3 is 2.46 bits per heavy atom. The van der Waals surface area contributed by atoms with Crippen LogP contribution in [0.4, 0.5) is 13.9 Å². The fraction of sp³-hybridized carbons (Fsp3) is 0.500. The van der Waals surface area contributed by atoms with Crippen LogP contribution in [-0.4, -0.2) is 10.9 Å². The molecule has 0 aliphatic rings. The number of rotatable bonds is 11. The van der Waals surface area contributed by atoms with E-state index >= 15 is 0 Å². The summed E-state index contributed by atoms with van der Waals surface area (Å²) in [5, 5.41) is 4.85. The van der Waals surface area contributed by atoms with Crippen molar-refractivity contribution in [2.24, 2.45) is 0 Å². The molecule has 0 unspecified atom stereocenters. The Hall–Kier alpha value is -1.82. The zero-order valence-electron chi connectivity index (χ0n) is 15.2. The second-order valence-electron chi connectivity index (χ2n) is 6.44. The number of nitrogens with one attached hydrogen (secondary N) is 1. The Balaban J connectivity index is 1.70. The van der Waals surface area contributed by atoms with Crippen LogP contribution in [0.3, 0.4) is 0 Å². The van der Waals surface area contributed by atoms with E-state index in [-0.39, 0.29) is 11.5 Å². The number of hydrogen-bond acceptors (Lipinski definition) is 3. The van der Waals surface area contributed by atoms with E-state index in [0.29, 0.717) is 17.2 Å². The van der Waals surface area contributed by atoms with Crippen LogP contribution in [0, 0.1) is 11.6 Å². The number of nitrogens with zero attached hydrogens (tertiary/aromatic N) is 1. The number of benzene rings is 1. The van der Waals surface area contributed by atoms with Gasteiger partial charge < -0.3 is 5.32 Å². The monoisotopic (exact) mass is 380 g/mol. The van der Waals surface area contributed by atoms with E-state index in [1.807, 2.05) is 0 Å². The molecule has 0 fully saturated rings. The quantitative estimate of drug-likeness (QED) is 0.449. The molecule has 6 heteroatoms. The summed E-state index contributed by atoms with van der Waals surface area (Å²) in [5.41, 5.74) is 0.626. The second-order valence-corrected chi connectivity index (χ2v) is 7.29. The maximum absolute atomic E-state index is 13.8. The van der Waals surface area contributed by atoms with Crippen molar-refractivity contribution in [3.63, 3.8) is 0 Å². The molecule has 0 aliphatic heterocycles. The predicted molar refractivity (Wildman–Crippen MR) is 103 cm³/mol. The molecule has 0 radical (unpaired) electrons. The lowest BCUT2D eigenvalue weighted by molar-refractivity contribution is -0.116. The summed E-state index contributed by atoms with van der Waals surface area (Å²) < 4.78 is 26.8. The van der Waals surface area contributed by atoms with Crippen molar-refractivity contribution in [2.75, 3.05) is 5.32 Å². The van der Waals surface area contributed by atoms with Gasteiger partial charge in [0.15, 0.2) is 5.13 Å². The number of aromatic nitrogens is 1. The van der Waals surface area contributed by atoms with Gasteiger partial charge in [-0.3, -0.25) is 4.79 Å². The summed E-state index contributed by atoms with van der Waals surface area (Å²) in [6, 6.07) is 3.37. The molecule has 0 saturated carbocycles. The van der Waals surface area contributed by atoms with Crippen LogP contribution in [0.5, 0.6) is 0 Å². The average Bonchev–Trinajstić information content (AvgIpc) is 3.05. The summed E-state index contributed by atoms with van der Waals surface area (Å²) in [6.45, 7) is 2.21. The van der Waals surface area contributed by atoms with Gasteiger partial charge in [0.1, 0.15) is 11.6 Å². The highest BCUT2D eigenvalue weighted by atomic mass is 32.1. The molecule has 2 rings (SSSR count). The Morgan fingerprint density at radius 2 is 1.77 bits per heavy atom. The molecule has 0 atom stereocenters. The number of carbonyl (C=O) groups is 1. The average molecular weight is 381 g/mol. The highest BCUT2D eigenvalue weighted by molar-refractivity contribution is 7.14. The summed E-state index contributed by atoms with van der Waals surface area (Å²) in [7, 11) is 0. The summed E-state index contributed by atoms with van der Waals surface area (Å²) >= 11 is 1.24. The van der Waals surface area contributed by atoms with Crippen molar-refractivity contribution >= 4 is 22.4 Å². The van der Waals surface area contributed by atoms with E-state index < -0.39 is 11.6 Å². The van der Waals surface area contributed by atoms with Gasteiger partial charge in [-0.2, -0.15) is 0 Å². The largest absolute Gasteiger partial charge is 0.302 e. The van der Waals surface area contributed by atoms with Gasteiger partial charge in [0.25, 0.3) is 0 Å². The van der Waals surface area contributed by atoms with Gasteiger partial charge in [-0.25, -0.2) is 13.8 Å². The number of hydrogen-bond donors (Lipinski definition) is 1. The summed E-state index contributed by atoms with van der Waals surface area (Å²) in [5.74, 6) is -1.36. The zero-order chi connectivity index (χ0) is 18.8. The summed E-state index contributed by atoms with van der Waals surface area (Å²) in [6.07, 6.45) is 9.94. The van der Waals surface area contributed by atoms with Crippen molar-refractivity contribution in [3.05, 3.63) is 35.2 Å². The summed E-state index contributed by atoms with van der Waals surface area (Å²) in [4.78, 5) is 16.2. The van der Waals surface area contributed by atoms with Gasteiger partial charge in [0.2, 0.25) is 5.91 Å². The lowest BCUT2D eigenvalue weighted by Gasteiger charge is -2.03. The molecule has 0 aliphatic carbocycles. The third kappa shape index (κ3) is 6.83. The molecule has 2 aromatic rings. The molecule has 1 N–H and O–H groups in total. The molecular formula is C20H26F2N2OS. The third-order valence-corrected chi connectivity index (χ3v) is 4.97. The molecule has 1 amide bonds. The topological polar surface area (TPSA) is 42.0 Å². The lowest BCUT2D eigenvalue weighted by Crippen LogP contribution is -2.10. The van der Waals surface area contributed by atoms with E-state index in [1.165, 1.54) is 62.0 Å². The molecule has 0 saturated heterocycles. The van der Waals surface area contributed by atoms with Crippen LogP contribution in [0.15, 0.2) is 23.6 Å². The van der Waals surface area contributed by atoms with Crippen molar-refractivity contribution in [1.29, 1.82) is 0 Å². The highest BCUT2D eigenvalue weighted by Crippen LogP contribution is 2.27. The van der Waals surface area contributed by atoms with Crippen LogP contribution in [0.1, 0.15) is 64.7 Å². The van der Waals surface area contributed by atoms with Crippen LogP contribution in [0.25, 0.3) is 11.3 Å². The molecule has 3 nitrogen and oxygen atoms in total. The first-order valence-electron chi connectivity index (χ1n) is 9.31. The van der Waals surface area contributed by atoms with E-state index in [2.05, 4.69) is 17.2 Å². The molecule has 1 aromatic carbocycles. The van der Waals surface area contributed by atoms with Gasteiger partial charge in [0.05, 0.1) is 5.69 Å². The van der Waals surface area contributed by atoms with E-state index in [0.717, 1.165) is 18.9 Å². The smallest absolute Gasteiger partial charge is 0.226 e. The zero-order valence-corrected chi connectivity index (χ0v) is 16.0.